The van der Waals surface area contributed by atoms with Gasteiger partial charge in [-0.1, -0.05) is 29.3 Å². The summed E-state index contributed by atoms with van der Waals surface area (Å²) in [5.41, 5.74) is 0.952. The van der Waals surface area contributed by atoms with Crippen LogP contribution in [-0.2, 0) is 19.2 Å². The molecule has 2 aromatic rings. The van der Waals surface area contributed by atoms with E-state index in [1.807, 2.05) is 0 Å². The molecule has 0 spiro atoms. The number of hydrogen-bond donors (Lipinski definition) is 0. The first kappa shape index (κ1) is 22.6. The number of anilines is 2. The van der Waals surface area contributed by atoms with Crippen LogP contribution in [-0.4, -0.2) is 30.2 Å². The topological polar surface area (TPSA) is 84.0 Å². The van der Waals surface area contributed by atoms with E-state index in [-0.39, 0.29) is 53.3 Å². The Labute approximate surface area is 211 Å². The van der Waals surface area contributed by atoms with E-state index >= 15 is 0 Å². The molecule has 180 valence electrons. The van der Waals surface area contributed by atoms with Gasteiger partial charge in [0.25, 0.3) is 0 Å². The van der Waals surface area contributed by atoms with Crippen molar-refractivity contribution >= 4 is 58.3 Å². The van der Waals surface area contributed by atoms with Crippen molar-refractivity contribution in [3.05, 3.63) is 52.5 Å². The van der Waals surface area contributed by atoms with Gasteiger partial charge in [0, 0.05) is 13.0 Å². The van der Waals surface area contributed by atoms with E-state index in [9.17, 15) is 19.2 Å². The Morgan fingerprint density at radius 3 is 2.23 bits per heavy atom. The van der Waals surface area contributed by atoms with Crippen LogP contribution >= 0.6 is 23.2 Å². The molecular formula is C26H22Cl2N2O5. The fraction of sp³-hybridized carbons (Fsp3) is 0.385. The van der Waals surface area contributed by atoms with Crippen LogP contribution < -0.4 is 14.5 Å². The number of esters is 1. The third kappa shape index (κ3) is 3.55. The molecule has 2 aliphatic carbocycles. The summed E-state index contributed by atoms with van der Waals surface area (Å²) < 4.78 is 5.51. The second-order valence-corrected chi connectivity index (χ2v) is 10.6. The maximum absolute atomic E-state index is 13.0. The minimum absolute atomic E-state index is 0.00164. The van der Waals surface area contributed by atoms with Crippen LogP contribution in [0.2, 0.25) is 10.0 Å². The van der Waals surface area contributed by atoms with Crippen LogP contribution in [0.5, 0.6) is 5.75 Å². The molecule has 2 heterocycles. The van der Waals surface area contributed by atoms with E-state index < -0.39 is 11.9 Å². The monoisotopic (exact) mass is 512 g/mol. The zero-order chi connectivity index (χ0) is 24.4. The van der Waals surface area contributed by atoms with Gasteiger partial charge in [-0.05, 0) is 67.5 Å². The Hall–Kier alpha value is -2.90. The largest absolute Gasteiger partial charge is 0.426 e. The Bertz CT molecular complexity index is 1230. The summed E-state index contributed by atoms with van der Waals surface area (Å²) in [4.78, 5) is 54.1. The number of hydrogen-bond acceptors (Lipinski definition) is 5. The van der Waals surface area contributed by atoms with E-state index in [2.05, 4.69) is 0 Å². The Morgan fingerprint density at radius 2 is 1.57 bits per heavy atom. The molecule has 6 rings (SSSR count). The number of fused-ring (bicyclic) bond motifs is 5. The molecule has 3 amide bonds. The van der Waals surface area contributed by atoms with E-state index in [0.717, 1.165) is 19.3 Å². The Morgan fingerprint density at radius 1 is 0.914 bits per heavy atom. The van der Waals surface area contributed by atoms with Crippen LogP contribution in [0.1, 0.15) is 25.7 Å². The van der Waals surface area contributed by atoms with E-state index in [4.69, 9.17) is 27.9 Å². The zero-order valence-corrected chi connectivity index (χ0v) is 20.2. The highest BCUT2D eigenvalue weighted by molar-refractivity contribution is 6.44. The fourth-order valence-corrected chi connectivity index (χ4v) is 6.72. The van der Waals surface area contributed by atoms with Crippen molar-refractivity contribution in [1.82, 2.24) is 0 Å². The normalized spacial score (nSPS) is 29.3. The molecule has 0 radical (unpaired) electrons. The van der Waals surface area contributed by atoms with Gasteiger partial charge in [-0.2, -0.15) is 0 Å². The van der Waals surface area contributed by atoms with Gasteiger partial charge in [-0.3, -0.25) is 24.1 Å². The molecule has 2 saturated carbocycles. The van der Waals surface area contributed by atoms with Gasteiger partial charge in [0.1, 0.15) is 5.75 Å². The summed E-state index contributed by atoms with van der Waals surface area (Å²) in [6.45, 7) is 0.137. The predicted octanol–water partition coefficient (Wildman–Crippen LogP) is 4.49. The third-order valence-electron chi connectivity index (χ3n) is 7.92. The summed E-state index contributed by atoms with van der Waals surface area (Å²) in [5, 5.41) is 0.588. The molecule has 0 unspecified atom stereocenters. The molecule has 5 atom stereocenters. The van der Waals surface area contributed by atoms with Crippen molar-refractivity contribution < 1.29 is 23.9 Å². The number of imide groups is 1. The molecule has 9 heteroatoms. The third-order valence-corrected chi connectivity index (χ3v) is 8.73. The number of carbonyl (C=O) groups excluding carboxylic acids is 4. The van der Waals surface area contributed by atoms with Gasteiger partial charge in [0.15, 0.2) is 0 Å². The quantitative estimate of drug-likeness (QED) is 0.342. The van der Waals surface area contributed by atoms with Crippen LogP contribution in [0.15, 0.2) is 42.5 Å². The van der Waals surface area contributed by atoms with Crippen molar-refractivity contribution in [3.8, 4) is 5.75 Å². The number of amides is 3. The van der Waals surface area contributed by atoms with Gasteiger partial charge >= 0.3 is 5.97 Å². The highest BCUT2D eigenvalue weighted by Gasteiger charge is 2.61. The molecule has 4 fully saturated rings. The number of nitrogens with zero attached hydrogens (tertiary/aromatic N) is 2. The highest BCUT2D eigenvalue weighted by atomic mass is 35.5. The summed E-state index contributed by atoms with van der Waals surface area (Å²) in [7, 11) is 0. The van der Waals surface area contributed by atoms with Gasteiger partial charge in [-0.25, -0.2) is 0 Å². The molecule has 2 aliphatic heterocycles. The average Bonchev–Trinajstić information content (AvgIpc) is 3.60. The summed E-state index contributed by atoms with van der Waals surface area (Å²) in [6, 6.07) is 11.4. The number of carbonyl (C=O) groups is 4. The maximum atomic E-state index is 13.0. The van der Waals surface area contributed by atoms with E-state index in [1.165, 1.54) is 9.80 Å². The number of rotatable bonds is 4. The summed E-state index contributed by atoms with van der Waals surface area (Å²) >= 11 is 12.3. The first-order chi connectivity index (χ1) is 16.8. The van der Waals surface area contributed by atoms with Crippen molar-refractivity contribution in [2.24, 2.45) is 29.6 Å². The minimum atomic E-state index is -0.659. The lowest BCUT2D eigenvalue weighted by atomic mass is 9.81. The molecule has 2 bridgehead atoms. The standard InChI is InChI=1S/C26H22Cl2N2O5/c27-18-2-1-3-19(23(18)28)29-12-15(11-20(29)31)26(34)35-17-8-6-16(7-9-17)30-24(32)21-13-4-5-14(10-13)22(21)25(30)33/h1-3,6-9,13-15,21-22H,4-5,10-12H2/t13-,14-,15+,21-,22+/m0/s1. The van der Waals surface area contributed by atoms with Crippen molar-refractivity contribution in [3.63, 3.8) is 0 Å². The SMILES string of the molecule is O=C(Oc1ccc(N2C(=O)[C@@H]3[C@H]4CC[C@@H](C4)[C@@H]3C2=O)cc1)[C@@H]1CC(=O)N(c2cccc(Cl)c2Cl)C1. The lowest BCUT2D eigenvalue weighted by molar-refractivity contribution is -0.139. The molecule has 0 aromatic heterocycles. The first-order valence-corrected chi connectivity index (χ1v) is 12.5. The second kappa shape index (κ2) is 8.35. The molecule has 2 saturated heterocycles. The van der Waals surface area contributed by atoms with Crippen LogP contribution in [0.3, 0.4) is 0 Å². The van der Waals surface area contributed by atoms with Gasteiger partial charge in [-0.15, -0.1) is 0 Å². The van der Waals surface area contributed by atoms with Crippen LogP contribution in [0.25, 0.3) is 0 Å². The second-order valence-electron chi connectivity index (χ2n) is 9.79. The number of halogens is 2. The van der Waals surface area contributed by atoms with Gasteiger partial charge < -0.3 is 9.64 Å². The molecule has 35 heavy (non-hydrogen) atoms. The molecule has 0 N–H and O–H groups in total. The van der Waals surface area contributed by atoms with E-state index in [1.54, 1.807) is 42.5 Å². The van der Waals surface area contributed by atoms with Crippen molar-refractivity contribution in [2.75, 3.05) is 16.3 Å². The molecule has 4 aliphatic rings. The molecule has 2 aromatic carbocycles. The van der Waals surface area contributed by atoms with Crippen LogP contribution in [0.4, 0.5) is 11.4 Å². The average molecular weight is 513 g/mol. The smallest absolute Gasteiger partial charge is 0.316 e. The van der Waals surface area contributed by atoms with E-state index in [0.29, 0.717) is 28.2 Å². The van der Waals surface area contributed by atoms with Gasteiger partial charge in [0.2, 0.25) is 17.7 Å². The minimum Gasteiger partial charge on any atom is -0.426 e. The number of benzene rings is 2. The summed E-state index contributed by atoms with van der Waals surface area (Å²) in [5.74, 6) is -1.10. The van der Waals surface area contributed by atoms with Crippen molar-refractivity contribution in [2.45, 2.75) is 25.7 Å². The molecular weight excluding hydrogens is 491 g/mol. The lowest BCUT2D eigenvalue weighted by Crippen LogP contribution is -2.32. The van der Waals surface area contributed by atoms with Crippen LogP contribution in [0, 0.1) is 29.6 Å². The Balaban J connectivity index is 1.13. The fourth-order valence-electron chi connectivity index (χ4n) is 6.33. The Kier molecular flexibility index (Phi) is 5.38. The number of ether oxygens (including phenoxy) is 1. The van der Waals surface area contributed by atoms with Gasteiger partial charge in [0.05, 0.1) is 39.2 Å². The zero-order valence-electron chi connectivity index (χ0n) is 18.7. The lowest BCUT2D eigenvalue weighted by Gasteiger charge is -2.19. The predicted molar refractivity (Wildman–Crippen MR) is 129 cm³/mol. The first-order valence-electron chi connectivity index (χ1n) is 11.8. The molecule has 7 nitrogen and oxygen atoms in total. The van der Waals surface area contributed by atoms with Crippen molar-refractivity contribution in [1.29, 1.82) is 0 Å². The maximum Gasteiger partial charge on any atom is 0.316 e. The summed E-state index contributed by atoms with van der Waals surface area (Å²) in [6.07, 6.45) is 3.04. The highest BCUT2D eigenvalue weighted by Crippen LogP contribution is 2.56.